The summed E-state index contributed by atoms with van der Waals surface area (Å²) in [6, 6.07) is 36.3. The smallest absolute Gasteiger partial charge is 0.497 e. The van der Waals surface area contributed by atoms with Crippen molar-refractivity contribution >= 4 is 21.5 Å². The van der Waals surface area contributed by atoms with Gasteiger partial charge in [-0.1, -0.05) is 137 Å². The molecule has 0 bridgehead atoms. The van der Waals surface area contributed by atoms with E-state index >= 15 is 0 Å². The molecule has 0 N–H and O–H groups in total. The van der Waals surface area contributed by atoms with Crippen LogP contribution >= 0.6 is 0 Å². The number of ether oxygens (including phenoxy) is 1. The molecule has 0 atom stereocenters. The van der Waals surface area contributed by atoms with Crippen LogP contribution in [0.3, 0.4) is 0 Å². The van der Waals surface area contributed by atoms with Gasteiger partial charge in [-0.15, -0.1) is 22.8 Å². The maximum atomic E-state index is 6.56. The van der Waals surface area contributed by atoms with Gasteiger partial charge in [-0.2, -0.15) is 0 Å². The van der Waals surface area contributed by atoms with Gasteiger partial charge in [0.25, 0.3) is 0 Å². The van der Waals surface area contributed by atoms with Crippen molar-refractivity contribution in [3.8, 4) is 34.0 Å². The first-order chi connectivity index (χ1) is 19.5. The van der Waals surface area contributed by atoms with Crippen molar-refractivity contribution in [1.29, 1.82) is 0 Å². The van der Waals surface area contributed by atoms with Crippen LogP contribution in [0.2, 0.25) is 0 Å². The first-order valence-electron chi connectivity index (χ1n) is 14.1. The van der Waals surface area contributed by atoms with E-state index in [2.05, 4.69) is 120 Å². The van der Waals surface area contributed by atoms with Gasteiger partial charge in [0, 0.05) is 23.9 Å². The standard InChI is InChI=1S/C38H34N2O.Pt/c1-37(2,3)29-15-16-39-36(22-29)34-23-32(18-26-12-9-10-14-33(26)34)41-31-19-28(17-30(21-31)38(4,5)6)35-20-25-11-7-8-13-27(25)24-40-35;/h7-18,20-22,24H,1-6H3;/q-2;+2. The minimum absolute atomic E-state index is 0. The molecule has 6 aromatic rings. The Morgan fingerprint density at radius 1 is 0.595 bits per heavy atom. The number of hydrogen-bond acceptors (Lipinski definition) is 3. The summed E-state index contributed by atoms with van der Waals surface area (Å²) in [4.78, 5) is 9.51. The van der Waals surface area contributed by atoms with Crippen LogP contribution in [0.1, 0.15) is 52.7 Å². The van der Waals surface area contributed by atoms with E-state index in [0.717, 1.165) is 49.6 Å². The molecular formula is C38H34N2OPt. The van der Waals surface area contributed by atoms with Crippen LogP contribution in [0.5, 0.6) is 11.5 Å². The van der Waals surface area contributed by atoms with Gasteiger partial charge in [0.1, 0.15) is 0 Å². The Labute approximate surface area is 263 Å². The van der Waals surface area contributed by atoms with Crippen molar-refractivity contribution in [2.24, 2.45) is 0 Å². The average Bonchev–Trinajstić information content (AvgIpc) is 2.95. The average molecular weight is 730 g/mol. The fraction of sp³-hybridized carbons (Fsp3) is 0.211. The molecule has 4 heteroatoms. The van der Waals surface area contributed by atoms with Gasteiger partial charge in [0.05, 0.1) is 0 Å². The fourth-order valence-electron chi connectivity index (χ4n) is 5.03. The normalized spacial score (nSPS) is 11.9. The van der Waals surface area contributed by atoms with Crippen LogP contribution in [0.25, 0.3) is 44.1 Å². The summed E-state index contributed by atoms with van der Waals surface area (Å²) in [5, 5.41) is 4.42. The number of hydrogen-bond donors (Lipinski definition) is 0. The molecule has 0 aliphatic carbocycles. The van der Waals surface area contributed by atoms with E-state index in [1.165, 1.54) is 5.56 Å². The van der Waals surface area contributed by atoms with E-state index < -0.39 is 0 Å². The molecule has 6 rings (SSSR count). The van der Waals surface area contributed by atoms with E-state index in [1.807, 2.05) is 30.6 Å². The maximum Gasteiger partial charge on any atom is 2.00 e. The third-order valence-corrected chi connectivity index (χ3v) is 7.48. The molecule has 0 amide bonds. The summed E-state index contributed by atoms with van der Waals surface area (Å²) < 4.78 is 6.56. The Morgan fingerprint density at radius 2 is 1.26 bits per heavy atom. The van der Waals surface area contributed by atoms with Crippen molar-refractivity contribution in [1.82, 2.24) is 9.97 Å². The number of fused-ring (bicyclic) bond motifs is 2. The Hall–Kier alpha value is -3.81. The Kier molecular flexibility index (Phi) is 8.10. The molecular weight excluding hydrogens is 696 g/mol. The summed E-state index contributed by atoms with van der Waals surface area (Å²) in [6.45, 7) is 13.3. The zero-order valence-electron chi connectivity index (χ0n) is 24.9. The third kappa shape index (κ3) is 6.17. The van der Waals surface area contributed by atoms with E-state index in [4.69, 9.17) is 14.7 Å². The van der Waals surface area contributed by atoms with Gasteiger partial charge in [-0.25, -0.2) is 0 Å². The minimum Gasteiger partial charge on any atom is -0.497 e. The van der Waals surface area contributed by atoms with Gasteiger partial charge in [0.2, 0.25) is 0 Å². The summed E-state index contributed by atoms with van der Waals surface area (Å²) in [5.41, 5.74) is 5.87. The van der Waals surface area contributed by atoms with E-state index in [9.17, 15) is 0 Å². The van der Waals surface area contributed by atoms with Crippen molar-refractivity contribution < 1.29 is 25.8 Å². The molecule has 0 aliphatic rings. The Bertz CT molecular complexity index is 1900. The predicted octanol–water partition coefficient (Wildman–Crippen LogP) is 10.1. The molecule has 0 spiro atoms. The summed E-state index contributed by atoms with van der Waals surface area (Å²) in [7, 11) is 0. The third-order valence-electron chi connectivity index (χ3n) is 7.48. The molecule has 0 saturated heterocycles. The quantitative estimate of drug-likeness (QED) is 0.170. The van der Waals surface area contributed by atoms with Gasteiger partial charge >= 0.3 is 21.1 Å². The molecule has 2 aromatic heterocycles. The monoisotopic (exact) mass is 729 g/mol. The number of nitrogens with zero attached hydrogens (tertiary/aromatic N) is 2. The first-order valence-corrected chi connectivity index (χ1v) is 14.1. The van der Waals surface area contributed by atoms with Crippen LogP contribution in [0.4, 0.5) is 0 Å². The van der Waals surface area contributed by atoms with Gasteiger partial charge in [-0.05, 0) is 44.6 Å². The first kappa shape index (κ1) is 29.7. The van der Waals surface area contributed by atoms with Crippen LogP contribution in [0.15, 0.2) is 97.3 Å². The molecule has 0 aliphatic heterocycles. The maximum absolute atomic E-state index is 6.56. The molecule has 3 nitrogen and oxygen atoms in total. The van der Waals surface area contributed by atoms with Gasteiger partial charge in [0.15, 0.2) is 0 Å². The number of benzene rings is 4. The molecule has 0 fully saturated rings. The molecule has 0 unspecified atom stereocenters. The van der Waals surface area contributed by atoms with E-state index in [0.29, 0.717) is 11.5 Å². The second kappa shape index (κ2) is 11.5. The molecule has 4 aromatic carbocycles. The van der Waals surface area contributed by atoms with Crippen LogP contribution in [-0.4, -0.2) is 9.97 Å². The van der Waals surface area contributed by atoms with Gasteiger partial charge < -0.3 is 14.7 Å². The number of aromatic nitrogens is 2. The predicted molar refractivity (Wildman–Crippen MR) is 170 cm³/mol. The van der Waals surface area contributed by atoms with Crippen LogP contribution in [-0.2, 0) is 31.9 Å². The second-order valence-corrected chi connectivity index (χ2v) is 12.7. The largest absolute Gasteiger partial charge is 2.00 e. The van der Waals surface area contributed by atoms with Crippen LogP contribution in [0, 0.1) is 12.1 Å². The van der Waals surface area contributed by atoms with Crippen molar-refractivity contribution in [3.05, 3.63) is 121 Å². The number of rotatable bonds is 4. The Morgan fingerprint density at radius 3 is 2.00 bits per heavy atom. The molecule has 42 heavy (non-hydrogen) atoms. The summed E-state index contributed by atoms with van der Waals surface area (Å²) in [6.07, 6.45) is 3.81. The molecule has 0 saturated carbocycles. The zero-order chi connectivity index (χ0) is 28.8. The van der Waals surface area contributed by atoms with E-state index in [1.54, 1.807) is 0 Å². The van der Waals surface area contributed by atoms with Gasteiger partial charge in [-0.3, -0.25) is 0 Å². The minimum atomic E-state index is -0.0889. The SMILES string of the molecule is CC(C)(C)c1cc(Oc2[c-]c(-c3cc(C(C)(C)C)ccn3)c3ccccc3c2)[c-]c(-c2cc3ccccc3cn2)c1.[Pt+2]. The fourth-order valence-corrected chi connectivity index (χ4v) is 5.03. The number of pyridine rings is 2. The molecule has 0 radical (unpaired) electrons. The van der Waals surface area contributed by atoms with Crippen molar-refractivity contribution in [3.63, 3.8) is 0 Å². The molecule has 2 heterocycles. The summed E-state index contributed by atoms with van der Waals surface area (Å²) in [5.74, 6) is 1.26. The summed E-state index contributed by atoms with van der Waals surface area (Å²) >= 11 is 0. The zero-order valence-corrected chi connectivity index (χ0v) is 27.1. The van der Waals surface area contributed by atoms with Crippen molar-refractivity contribution in [2.45, 2.75) is 52.4 Å². The topological polar surface area (TPSA) is 35.0 Å². The van der Waals surface area contributed by atoms with Crippen LogP contribution < -0.4 is 4.74 Å². The second-order valence-electron chi connectivity index (χ2n) is 12.7. The van der Waals surface area contributed by atoms with E-state index in [-0.39, 0.29) is 31.9 Å². The Balaban J connectivity index is 0.00000353. The van der Waals surface area contributed by atoms with Crippen molar-refractivity contribution in [2.75, 3.05) is 0 Å². The molecule has 212 valence electrons.